The van der Waals surface area contributed by atoms with Gasteiger partial charge in [-0.3, -0.25) is 0 Å². The van der Waals surface area contributed by atoms with Crippen molar-refractivity contribution in [2.24, 2.45) is 0 Å². The molecule has 1 aromatic carbocycles. The number of carbonyl (C=O) groups excluding carboxylic acids is 1. The Hall–Kier alpha value is -1.82. The minimum absolute atomic E-state index is 0.0522. The molecule has 1 aliphatic carbocycles. The number of halogens is 1. The molecule has 1 amide bonds. The van der Waals surface area contributed by atoms with Crippen molar-refractivity contribution in [1.82, 2.24) is 5.32 Å². The second kappa shape index (κ2) is 6.30. The highest BCUT2D eigenvalue weighted by molar-refractivity contribution is 9.10. The minimum Gasteiger partial charge on any atom is -0.480 e. The van der Waals surface area contributed by atoms with Crippen molar-refractivity contribution >= 4 is 28.0 Å². The summed E-state index contributed by atoms with van der Waals surface area (Å²) in [4.78, 5) is 23.0. The van der Waals surface area contributed by atoms with Crippen LogP contribution >= 0.6 is 15.9 Å². The Morgan fingerprint density at radius 2 is 2.24 bits per heavy atom. The number of hydrogen-bond acceptors (Lipinski definition) is 3. The van der Waals surface area contributed by atoms with Crippen LogP contribution in [0.1, 0.15) is 24.3 Å². The minimum atomic E-state index is -1.24. The topological polar surface area (TPSA) is 75.6 Å². The molecule has 0 aliphatic heterocycles. The first-order valence-electron chi connectivity index (χ1n) is 6.51. The lowest BCUT2D eigenvalue weighted by Gasteiger charge is -2.44. The SMILES string of the molecule is C=CCOC(=O)NC1(C(=O)O)CC(c2cccc(Br)c2)C1. The molecule has 0 spiro atoms. The van der Waals surface area contributed by atoms with Gasteiger partial charge in [-0.2, -0.15) is 0 Å². The Kier molecular flexibility index (Phi) is 4.67. The lowest BCUT2D eigenvalue weighted by molar-refractivity contribution is -0.149. The van der Waals surface area contributed by atoms with Crippen LogP contribution in [0.25, 0.3) is 0 Å². The van der Waals surface area contributed by atoms with Crippen LogP contribution in [0.15, 0.2) is 41.4 Å². The van der Waals surface area contributed by atoms with Crippen LogP contribution in [0, 0.1) is 0 Å². The van der Waals surface area contributed by atoms with Gasteiger partial charge in [-0.1, -0.05) is 40.7 Å². The molecule has 2 rings (SSSR count). The quantitative estimate of drug-likeness (QED) is 0.797. The molecule has 1 aliphatic rings. The summed E-state index contributed by atoms with van der Waals surface area (Å²) >= 11 is 3.39. The predicted molar refractivity (Wildman–Crippen MR) is 81.2 cm³/mol. The zero-order chi connectivity index (χ0) is 15.5. The van der Waals surface area contributed by atoms with Crippen LogP contribution in [0.5, 0.6) is 0 Å². The summed E-state index contributed by atoms with van der Waals surface area (Å²) in [7, 11) is 0. The number of benzene rings is 1. The average molecular weight is 354 g/mol. The van der Waals surface area contributed by atoms with Crippen LogP contribution in [0.4, 0.5) is 4.79 Å². The normalized spacial score (nSPS) is 23.8. The number of carboxylic acids is 1. The molecule has 1 saturated carbocycles. The third kappa shape index (κ3) is 3.44. The largest absolute Gasteiger partial charge is 0.480 e. The van der Waals surface area contributed by atoms with Gasteiger partial charge in [-0.05, 0) is 36.5 Å². The molecule has 0 atom stereocenters. The van der Waals surface area contributed by atoms with E-state index in [-0.39, 0.29) is 12.5 Å². The van der Waals surface area contributed by atoms with Gasteiger partial charge in [0.05, 0.1) is 0 Å². The highest BCUT2D eigenvalue weighted by Gasteiger charge is 2.52. The van der Waals surface area contributed by atoms with Gasteiger partial charge < -0.3 is 15.2 Å². The summed E-state index contributed by atoms with van der Waals surface area (Å²) in [5.41, 5.74) is -0.187. The maximum Gasteiger partial charge on any atom is 0.408 e. The molecule has 1 aromatic rings. The van der Waals surface area contributed by atoms with E-state index in [1.165, 1.54) is 6.08 Å². The maximum absolute atomic E-state index is 11.6. The third-order valence-electron chi connectivity index (χ3n) is 3.59. The van der Waals surface area contributed by atoms with E-state index in [2.05, 4.69) is 27.8 Å². The van der Waals surface area contributed by atoms with Crippen molar-refractivity contribution in [3.8, 4) is 0 Å². The molecular formula is C15H16BrNO4. The molecule has 0 heterocycles. The highest BCUT2D eigenvalue weighted by atomic mass is 79.9. The second-order valence-corrected chi connectivity index (χ2v) is 5.98. The molecule has 0 radical (unpaired) electrons. The van der Waals surface area contributed by atoms with Gasteiger partial charge in [-0.15, -0.1) is 0 Å². The number of nitrogens with one attached hydrogen (secondary N) is 1. The first kappa shape index (κ1) is 15.6. The Morgan fingerprint density at radius 1 is 1.52 bits per heavy atom. The van der Waals surface area contributed by atoms with Crippen molar-refractivity contribution in [2.75, 3.05) is 6.61 Å². The van der Waals surface area contributed by atoms with Crippen LogP contribution in [0.3, 0.4) is 0 Å². The van der Waals surface area contributed by atoms with Crippen molar-refractivity contribution in [3.05, 3.63) is 47.0 Å². The number of amides is 1. The Balaban J connectivity index is 2.02. The summed E-state index contributed by atoms with van der Waals surface area (Å²) in [6.07, 6.45) is 1.40. The van der Waals surface area contributed by atoms with Crippen molar-refractivity contribution in [1.29, 1.82) is 0 Å². The molecule has 5 nitrogen and oxygen atoms in total. The summed E-state index contributed by atoms with van der Waals surface area (Å²) in [5.74, 6) is -0.928. The first-order chi connectivity index (χ1) is 9.97. The van der Waals surface area contributed by atoms with Gasteiger partial charge in [0.15, 0.2) is 0 Å². The molecule has 0 aromatic heterocycles. The predicted octanol–water partition coefficient (Wildman–Crippen LogP) is 3.06. The highest BCUT2D eigenvalue weighted by Crippen LogP contribution is 2.45. The van der Waals surface area contributed by atoms with Crippen LogP contribution in [-0.2, 0) is 9.53 Å². The Labute approximate surface area is 131 Å². The average Bonchev–Trinajstić information content (AvgIpc) is 2.39. The number of ether oxygens (including phenoxy) is 1. The van der Waals surface area contributed by atoms with Crippen molar-refractivity contribution < 1.29 is 19.4 Å². The zero-order valence-corrected chi connectivity index (χ0v) is 12.9. The number of carbonyl (C=O) groups is 2. The van der Waals surface area contributed by atoms with E-state index in [9.17, 15) is 14.7 Å². The van der Waals surface area contributed by atoms with Crippen LogP contribution in [0.2, 0.25) is 0 Å². The standard InChI is InChI=1S/C15H16BrNO4/c1-2-6-21-14(20)17-15(13(18)19)8-11(9-15)10-4-3-5-12(16)7-10/h2-5,7,11H,1,6,8-9H2,(H,17,20)(H,18,19). The van der Waals surface area contributed by atoms with Gasteiger partial charge in [0.2, 0.25) is 0 Å². The monoisotopic (exact) mass is 353 g/mol. The van der Waals surface area contributed by atoms with E-state index >= 15 is 0 Å². The number of aliphatic carboxylic acids is 1. The summed E-state index contributed by atoms with van der Waals surface area (Å²) < 4.78 is 5.74. The van der Waals surface area contributed by atoms with E-state index in [4.69, 9.17) is 4.74 Å². The lowest BCUT2D eigenvalue weighted by atomic mass is 9.65. The number of rotatable bonds is 5. The molecule has 0 saturated heterocycles. The Morgan fingerprint density at radius 3 is 2.81 bits per heavy atom. The van der Waals surface area contributed by atoms with E-state index in [0.717, 1.165) is 10.0 Å². The molecule has 0 unspecified atom stereocenters. The van der Waals surface area contributed by atoms with Crippen molar-refractivity contribution in [2.45, 2.75) is 24.3 Å². The number of carboxylic acid groups (broad SMARTS) is 1. The van der Waals surface area contributed by atoms with Crippen LogP contribution < -0.4 is 5.32 Å². The molecule has 1 fully saturated rings. The van der Waals surface area contributed by atoms with Crippen LogP contribution in [-0.4, -0.2) is 29.3 Å². The van der Waals surface area contributed by atoms with Gasteiger partial charge in [-0.25, -0.2) is 9.59 Å². The smallest absolute Gasteiger partial charge is 0.408 e. The number of alkyl carbamates (subject to hydrolysis) is 1. The van der Waals surface area contributed by atoms with Gasteiger partial charge in [0.25, 0.3) is 0 Å². The molecule has 112 valence electrons. The van der Waals surface area contributed by atoms with Crippen molar-refractivity contribution in [3.63, 3.8) is 0 Å². The number of hydrogen-bond donors (Lipinski definition) is 2. The fraction of sp³-hybridized carbons (Fsp3) is 0.333. The molecule has 6 heteroatoms. The first-order valence-corrected chi connectivity index (χ1v) is 7.31. The van der Waals surface area contributed by atoms with E-state index in [1.54, 1.807) is 0 Å². The fourth-order valence-electron chi connectivity index (χ4n) is 2.47. The van der Waals surface area contributed by atoms with E-state index in [1.807, 2.05) is 24.3 Å². The van der Waals surface area contributed by atoms with E-state index in [0.29, 0.717) is 12.8 Å². The van der Waals surface area contributed by atoms with Gasteiger partial charge in [0, 0.05) is 4.47 Å². The summed E-state index contributed by atoms with van der Waals surface area (Å²) in [6, 6.07) is 7.74. The molecular weight excluding hydrogens is 338 g/mol. The summed E-state index contributed by atoms with van der Waals surface area (Å²) in [6.45, 7) is 3.48. The van der Waals surface area contributed by atoms with Gasteiger partial charge >= 0.3 is 12.1 Å². The Bertz CT molecular complexity index is 567. The molecule has 2 N–H and O–H groups in total. The molecule has 0 bridgehead atoms. The van der Waals surface area contributed by atoms with Gasteiger partial charge in [0.1, 0.15) is 12.1 Å². The molecule has 21 heavy (non-hydrogen) atoms. The zero-order valence-electron chi connectivity index (χ0n) is 11.3. The fourth-order valence-corrected chi connectivity index (χ4v) is 2.89. The van der Waals surface area contributed by atoms with E-state index < -0.39 is 17.6 Å². The third-order valence-corrected chi connectivity index (χ3v) is 4.09. The summed E-state index contributed by atoms with van der Waals surface area (Å²) in [5, 5.41) is 11.8. The lowest BCUT2D eigenvalue weighted by Crippen LogP contribution is -2.61. The second-order valence-electron chi connectivity index (χ2n) is 5.06. The maximum atomic E-state index is 11.6.